The maximum absolute atomic E-state index is 13.7. The Hall–Kier alpha value is -2.77. The summed E-state index contributed by atoms with van der Waals surface area (Å²) in [4.78, 5) is 25.0. The summed E-state index contributed by atoms with van der Waals surface area (Å²) in [6, 6.07) is 18.6. The van der Waals surface area contributed by atoms with E-state index in [9.17, 15) is 9.18 Å². The van der Waals surface area contributed by atoms with Crippen LogP contribution in [-0.4, -0.2) is 42.0 Å². The van der Waals surface area contributed by atoms with Crippen LogP contribution in [0.4, 0.5) is 10.1 Å². The van der Waals surface area contributed by atoms with E-state index >= 15 is 0 Å². The van der Waals surface area contributed by atoms with Crippen molar-refractivity contribution in [2.45, 2.75) is 13.3 Å². The summed E-state index contributed by atoms with van der Waals surface area (Å²) in [5.74, 6) is -0.219. The van der Waals surface area contributed by atoms with Gasteiger partial charge in [0.2, 0.25) is 0 Å². The molecule has 4 aromatic rings. The molecular formula is C26H23BrFN3OS. The molecular weight excluding hydrogens is 501 g/mol. The first-order valence-electron chi connectivity index (χ1n) is 11.0. The molecule has 0 bridgehead atoms. The largest absolute Gasteiger partial charge is 0.368 e. The van der Waals surface area contributed by atoms with E-state index < -0.39 is 0 Å². The fraction of sp³-hybridized carbons (Fsp3) is 0.231. The van der Waals surface area contributed by atoms with Crippen molar-refractivity contribution in [3.63, 3.8) is 0 Å². The highest BCUT2D eigenvalue weighted by molar-refractivity contribution is 9.10. The fourth-order valence-corrected chi connectivity index (χ4v) is 5.47. The Morgan fingerprint density at radius 1 is 1.03 bits per heavy atom. The molecule has 1 saturated heterocycles. The number of hydrogen-bond donors (Lipinski definition) is 0. The van der Waals surface area contributed by atoms with E-state index in [2.05, 4.69) is 39.9 Å². The Morgan fingerprint density at radius 3 is 2.48 bits per heavy atom. The van der Waals surface area contributed by atoms with Gasteiger partial charge in [0.25, 0.3) is 5.91 Å². The minimum atomic E-state index is -0.240. The average molecular weight is 524 g/mol. The molecule has 1 amide bonds. The van der Waals surface area contributed by atoms with Gasteiger partial charge in [0, 0.05) is 46.6 Å². The van der Waals surface area contributed by atoms with Crippen LogP contribution in [-0.2, 0) is 6.42 Å². The molecule has 1 aliphatic rings. The lowest BCUT2D eigenvalue weighted by Crippen LogP contribution is -2.48. The van der Waals surface area contributed by atoms with Gasteiger partial charge >= 0.3 is 0 Å². The molecule has 0 N–H and O–H groups in total. The van der Waals surface area contributed by atoms with Crippen LogP contribution in [0.2, 0.25) is 0 Å². The highest BCUT2D eigenvalue weighted by atomic mass is 79.9. The van der Waals surface area contributed by atoms with E-state index in [1.165, 1.54) is 17.0 Å². The number of carbonyl (C=O) groups is 1. The molecule has 0 saturated carbocycles. The number of anilines is 1. The van der Waals surface area contributed by atoms with Crippen LogP contribution in [0.5, 0.6) is 0 Å². The third-order valence-electron chi connectivity index (χ3n) is 6.02. The van der Waals surface area contributed by atoms with Crippen molar-refractivity contribution < 1.29 is 9.18 Å². The van der Waals surface area contributed by atoms with Crippen LogP contribution in [0, 0.1) is 5.82 Å². The predicted octanol–water partition coefficient (Wildman–Crippen LogP) is 6.39. The summed E-state index contributed by atoms with van der Waals surface area (Å²) in [7, 11) is 0. The van der Waals surface area contributed by atoms with Crippen molar-refractivity contribution in [3.05, 3.63) is 81.4 Å². The zero-order valence-corrected chi connectivity index (χ0v) is 20.6. The molecule has 168 valence electrons. The maximum Gasteiger partial charge on any atom is 0.254 e. The molecule has 7 heteroatoms. The monoisotopic (exact) mass is 523 g/mol. The number of benzene rings is 2. The minimum absolute atomic E-state index is 0.0211. The van der Waals surface area contributed by atoms with Crippen LogP contribution in [0.15, 0.2) is 65.1 Å². The number of aryl methyl sites for hydroxylation is 1. The van der Waals surface area contributed by atoms with Crippen molar-refractivity contribution in [2.24, 2.45) is 0 Å². The quantitative estimate of drug-likeness (QED) is 0.311. The summed E-state index contributed by atoms with van der Waals surface area (Å²) < 4.78 is 14.2. The van der Waals surface area contributed by atoms with Crippen LogP contribution in [0.1, 0.15) is 22.2 Å². The Labute approximate surface area is 204 Å². The van der Waals surface area contributed by atoms with E-state index in [0.29, 0.717) is 31.7 Å². The number of rotatable bonds is 4. The summed E-state index contributed by atoms with van der Waals surface area (Å²) in [5, 5.41) is 0.853. The number of aromatic nitrogens is 1. The van der Waals surface area contributed by atoms with Gasteiger partial charge in [-0.25, -0.2) is 9.37 Å². The maximum atomic E-state index is 13.7. The third-order valence-corrected chi connectivity index (χ3v) is 7.77. The molecule has 0 radical (unpaired) electrons. The minimum Gasteiger partial charge on any atom is -0.368 e. The normalized spacial score (nSPS) is 14.2. The molecule has 2 aromatic heterocycles. The molecule has 3 heterocycles. The van der Waals surface area contributed by atoms with Crippen LogP contribution in [0.25, 0.3) is 21.5 Å². The van der Waals surface area contributed by atoms with E-state index in [-0.39, 0.29) is 11.7 Å². The lowest BCUT2D eigenvalue weighted by atomic mass is 10.0. The number of piperazine rings is 1. The third kappa shape index (κ3) is 4.52. The molecule has 4 nitrogen and oxygen atoms in total. The number of carbonyl (C=O) groups excluding carboxylic acids is 1. The molecule has 1 fully saturated rings. The highest BCUT2D eigenvalue weighted by Crippen LogP contribution is 2.32. The van der Waals surface area contributed by atoms with Crippen molar-refractivity contribution in [1.29, 1.82) is 0 Å². The van der Waals surface area contributed by atoms with Crippen LogP contribution < -0.4 is 4.90 Å². The number of hydrogen-bond acceptors (Lipinski definition) is 4. The van der Waals surface area contributed by atoms with E-state index in [0.717, 1.165) is 38.1 Å². The Balaban J connectivity index is 1.45. The van der Waals surface area contributed by atoms with Gasteiger partial charge in [-0.15, -0.1) is 11.3 Å². The second-order valence-corrected chi connectivity index (χ2v) is 10.2. The second kappa shape index (κ2) is 9.23. The first kappa shape index (κ1) is 22.0. The molecule has 0 spiro atoms. The molecule has 33 heavy (non-hydrogen) atoms. The number of pyridine rings is 1. The van der Waals surface area contributed by atoms with Crippen molar-refractivity contribution in [2.75, 3.05) is 31.1 Å². The first-order valence-corrected chi connectivity index (χ1v) is 12.6. The number of fused-ring (bicyclic) bond motifs is 1. The highest BCUT2D eigenvalue weighted by Gasteiger charge is 2.25. The van der Waals surface area contributed by atoms with Crippen LogP contribution in [0.3, 0.4) is 0 Å². The van der Waals surface area contributed by atoms with Gasteiger partial charge in [0.15, 0.2) is 0 Å². The van der Waals surface area contributed by atoms with Crippen LogP contribution >= 0.6 is 27.3 Å². The fourth-order valence-electron chi connectivity index (χ4n) is 4.20. The number of amides is 1. The van der Waals surface area contributed by atoms with Gasteiger partial charge in [-0.1, -0.05) is 22.9 Å². The molecule has 0 unspecified atom stereocenters. The number of nitrogens with zero attached hydrogens (tertiary/aromatic N) is 3. The summed E-state index contributed by atoms with van der Waals surface area (Å²) in [6.07, 6.45) is 0.981. The average Bonchev–Trinajstić information content (AvgIpc) is 3.33. The van der Waals surface area contributed by atoms with Gasteiger partial charge in [0.05, 0.1) is 21.7 Å². The van der Waals surface area contributed by atoms with Gasteiger partial charge < -0.3 is 9.80 Å². The van der Waals surface area contributed by atoms with Gasteiger partial charge in [-0.3, -0.25) is 4.79 Å². The van der Waals surface area contributed by atoms with E-state index in [1.54, 1.807) is 23.5 Å². The Bertz CT molecular complexity index is 1310. The first-order chi connectivity index (χ1) is 16.0. The smallest absolute Gasteiger partial charge is 0.254 e. The lowest BCUT2D eigenvalue weighted by Gasteiger charge is -2.36. The Morgan fingerprint density at radius 2 is 1.79 bits per heavy atom. The SMILES string of the molecule is CCc1ccc(-c2cc(C(=O)N3CCN(c4ccc(F)cc4)CC3)c3cc(Br)ccc3n2)s1. The number of thiophene rings is 1. The van der Waals surface area contributed by atoms with E-state index in [4.69, 9.17) is 4.98 Å². The van der Waals surface area contributed by atoms with Gasteiger partial charge in [-0.2, -0.15) is 0 Å². The molecule has 2 aromatic carbocycles. The molecule has 1 aliphatic heterocycles. The Kier molecular flexibility index (Phi) is 6.17. The molecule has 0 aliphatic carbocycles. The van der Waals surface area contributed by atoms with Gasteiger partial charge in [-0.05, 0) is 67.1 Å². The topological polar surface area (TPSA) is 36.4 Å². The number of halogens is 2. The standard InChI is InChI=1S/C26H23BrFN3OS/c1-2-20-8-10-25(33-20)24-16-22(21-15-17(27)3-9-23(21)29-24)26(32)31-13-11-30(12-14-31)19-6-4-18(28)5-7-19/h3-10,15-16H,2,11-14H2,1H3. The second-order valence-electron chi connectivity index (χ2n) is 8.09. The van der Waals surface area contributed by atoms with Crippen molar-refractivity contribution in [3.8, 4) is 10.6 Å². The summed E-state index contributed by atoms with van der Waals surface area (Å²) >= 11 is 5.27. The van der Waals surface area contributed by atoms with E-state index in [1.807, 2.05) is 29.2 Å². The van der Waals surface area contributed by atoms with Crippen molar-refractivity contribution in [1.82, 2.24) is 9.88 Å². The molecule has 0 atom stereocenters. The zero-order chi connectivity index (χ0) is 22.9. The summed E-state index contributed by atoms with van der Waals surface area (Å²) in [6.45, 7) is 4.79. The van der Waals surface area contributed by atoms with Gasteiger partial charge in [0.1, 0.15) is 5.82 Å². The van der Waals surface area contributed by atoms with Crippen molar-refractivity contribution >= 4 is 49.8 Å². The zero-order valence-electron chi connectivity index (χ0n) is 18.2. The predicted molar refractivity (Wildman–Crippen MR) is 137 cm³/mol. The summed E-state index contributed by atoms with van der Waals surface area (Å²) in [5.41, 5.74) is 3.31. The lowest BCUT2D eigenvalue weighted by molar-refractivity contribution is 0.0748. The molecule has 5 rings (SSSR count).